The molecular formula is C14H16N4O4. The summed E-state index contributed by atoms with van der Waals surface area (Å²) >= 11 is 0. The Morgan fingerprint density at radius 2 is 2.27 bits per heavy atom. The second-order valence-corrected chi connectivity index (χ2v) is 4.73. The predicted molar refractivity (Wildman–Crippen MR) is 78.6 cm³/mol. The van der Waals surface area contributed by atoms with Crippen LogP contribution in [0.5, 0.6) is 0 Å². The Morgan fingerprint density at radius 3 is 2.91 bits per heavy atom. The second kappa shape index (κ2) is 7.21. The lowest BCUT2D eigenvalue weighted by Gasteiger charge is -2.21. The number of carboxylic acid groups (broad SMARTS) is 2. The minimum absolute atomic E-state index is 0.129. The number of rotatable bonds is 6. The summed E-state index contributed by atoms with van der Waals surface area (Å²) in [6, 6.07) is -0.944. The third-order valence-corrected chi connectivity index (χ3v) is 3.09. The quantitative estimate of drug-likeness (QED) is 0.562. The molecule has 0 spiro atoms. The Morgan fingerprint density at radius 1 is 1.45 bits per heavy atom. The third kappa shape index (κ3) is 4.30. The molecule has 1 aliphatic heterocycles. The molecule has 0 amide bonds. The van der Waals surface area contributed by atoms with Gasteiger partial charge in [0.1, 0.15) is 11.7 Å². The standard InChI is InChI=1S/C14H16N4O4/c19-13(20)11-5-9(6-12(18-11)14(21)22)1-3-15-4-2-10-7-16-8-17-10/h1,3,5,7-8,12,18H,2,4,6H2,(H,16,17)(H,19,20)(H,21,22)/b9-1-,15-3?/t12-/m0/s1. The van der Waals surface area contributed by atoms with Crippen LogP contribution in [0.3, 0.4) is 0 Å². The molecule has 2 heterocycles. The summed E-state index contributed by atoms with van der Waals surface area (Å²) < 4.78 is 0. The number of carbonyl (C=O) groups is 2. The van der Waals surface area contributed by atoms with E-state index >= 15 is 0 Å². The Hall–Kier alpha value is -2.90. The highest BCUT2D eigenvalue weighted by atomic mass is 16.4. The van der Waals surface area contributed by atoms with E-state index in [4.69, 9.17) is 10.2 Å². The number of nitrogens with zero attached hydrogens (tertiary/aromatic N) is 2. The van der Waals surface area contributed by atoms with Gasteiger partial charge >= 0.3 is 11.9 Å². The maximum absolute atomic E-state index is 11.0. The maximum Gasteiger partial charge on any atom is 0.351 e. The van der Waals surface area contributed by atoms with Crippen LogP contribution < -0.4 is 5.32 Å². The third-order valence-electron chi connectivity index (χ3n) is 3.09. The molecule has 0 unspecified atom stereocenters. The lowest BCUT2D eigenvalue weighted by atomic mass is 10.00. The highest BCUT2D eigenvalue weighted by molar-refractivity contribution is 5.89. The zero-order valence-corrected chi connectivity index (χ0v) is 11.7. The van der Waals surface area contributed by atoms with E-state index in [1.807, 2.05) is 0 Å². The van der Waals surface area contributed by atoms with Gasteiger partial charge in [-0.15, -0.1) is 0 Å². The molecule has 8 heteroatoms. The number of allylic oxidation sites excluding steroid dienone is 2. The summed E-state index contributed by atoms with van der Waals surface area (Å²) in [7, 11) is 0. The number of carboxylic acids is 2. The van der Waals surface area contributed by atoms with Crippen molar-refractivity contribution in [3.05, 3.63) is 41.6 Å². The van der Waals surface area contributed by atoms with E-state index in [-0.39, 0.29) is 12.1 Å². The number of hydrogen-bond donors (Lipinski definition) is 4. The molecule has 2 rings (SSSR count). The first-order valence-electron chi connectivity index (χ1n) is 6.67. The molecule has 4 N–H and O–H groups in total. The van der Waals surface area contributed by atoms with Crippen molar-refractivity contribution in [2.75, 3.05) is 6.54 Å². The summed E-state index contributed by atoms with van der Waals surface area (Å²) in [6.07, 6.45) is 8.86. The Kier molecular flexibility index (Phi) is 5.07. The van der Waals surface area contributed by atoms with E-state index in [1.54, 1.807) is 24.8 Å². The smallest absolute Gasteiger partial charge is 0.351 e. The second-order valence-electron chi connectivity index (χ2n) is 4.73. The fourth-order valence-electron chi connectivity index (χ4n) is 1.98. The molecule has 1 aliphatic rings. The van der Waals surface area contributed by atoms with Gasteiger partial charge < -0.3 is 20.5 Å². The van der Waals surface area contributed by atoms with Crippen LogP contribution in [0.15, 0.2) is 40.9 Å². The number of aromatic amines is 1. The van der Waals surface area contributed by atoms with E-state index in [1.165, 1.54) is 6.08 Å². The van der Waals surface area contributed by atoms with Gasteiger partial charge in [0.25, 0.3) is 0 Å². The van der Waals surface area contributed by atoms with Crippen molar-refractivity contribution in [1.82, 2.24) is 15.3 Å². The van der Waals surface area contributed by atoms with Crippen LogP contribution in [0, 0.1) is 0 Å². The molecule has 1 aromatic rings. The highest BCUT2D eigenvalue weighted by Crippen LogP contribution is 2.16. The van der Waals surface area contributed by atoms with Crippen LogP contribution in [0.2, 0.25) is 0 Å². The Balaban J connectivity index is 1.97. The number of aliphatic imine (C=N–C) groups is 1. The molecule has 8 nitrogen and oxygen atoms in total. The van der Waals surface area contributed by atoms with Gasteiger partial charge in [-0.05, 0) is 17.7 Å². The summed E-state index contributed by atoms with van der Waals surface area (Å²) in [5.41, 5.74) is 1.45. The molecular weight excluding hydrogens is 288 g/mol. The van der Waals surface area contributed by atoms with E-state index in [9.17, 15) is 9.59 Å². The van der Waals surface area contributed by atoms with Gasteiger partial charge in [0.15, 0.2) is 0 Å². The van der Waals surface area contributed by atoms with Crippen molar-refractivity contribution >= 4 is 18.2 Å². The molecule has 0 aliphatic carbocycles. The molecule has 0 saturated carbocycles. The summed E-state index contributed by atoms with van der Waals surface area (Å²) in [5, 5.41) is 20.5. The first kappa shape index (κ1) is 15.5. The molecule has 0 aromatic carbocycles. The van der Waals surface area contributed by atoms with Gasteiger partial charge in [-0.25, -0.2) is 14.6 Å². The molecule has 22 heavy (non-hydrogen) atoms. The van der Waals surface area contributed by atoms with Gasteiger partial charge in [0.05, 0.1) is 6.33 Å². The average Bonchev–Trinajstić information content (AvgIpc) is 2.99. The van der Waals surface area contributed by atoms with Crippen molar-refractivity contribution in [3.63, 3.8) is 0 Å². The molecule has 0 saturated heterocycles. The van der Waals surface area contributed by atoms with Crippen LogP contribution in [0.4, 0.5) is 0 Å². The number of hydrogen-bond acceptors (Lipinski definition) is 5. The van der Waals surface area contributed by atoms with Crippen molar-refractivity contribution in [3.8, 4) is 0 Å². The van der Waals surface area contributed by atoms with E-state index in [0.29, 0.717) is 12.1 Å². The maximum atomic E-state index is 11.0. The highest BCUT2D eigenvalue weighted by Gasteiger charge is 2.26. The fraction of sp³-hybridized carbons (Fsp3) is 0.286. The average molecular weight is 304 g/mol. The Bertz CT molecular complexity index is 631. The van der Waals surface area contributed by atoms with Crippen LogP contribution >= 0.6 is 0 Å². The lowest BCUT2D eigenvalue weighted by molar-refractivity contribution is -0.139. The zero-order valence-electron chi connectivity index (χ0n) is 11.7. The number of H-pyrrole nitrogens is 1. The van der Waals surface area contributed by atoms with E-state index in [2.05, 4.69) is 20.3 Å². The van der Waals surface area contributed by atoms with E-state index in [0.717, 1.165) is 12.1 Å². The number of aromatic nitrogens is 2. The molecule has 1 aromatic heterocycles. The van der Waals surface area contributed by atoms with Gasteiger partial charge in [-0.2, -0.15) is 0 Å². The van der Waals surface area contributed by atoms with Gasteiger partial charge in [-0.3, -0.25) is 4.99 Å². The minimum Gasteiger partial charge on any atom is -0.480 e. The molecule has 0 bridgehead atoms. The van der Waals surface area contributed by atoms with Crippen molar-refractivity contribution in [1.29, 1.82) is 0 Å². The number of nitrogens with one attached hydrogen (secondary N) is 2. The Labute approximate surface area is 126 Å². The van der Waals surface area contributed by atoms with Crippen molar-refractivity contribution in [2.45, 2.75) is 18.9 Å². The van der Waals surface area contributed by atoms with Gasteiger partial charge in [0.2, 0.25) is 0 Å². The summed E-state index contributed by atoms with van der Waals surface area (Å²) in [5.74, 6) is -2.28. The van der Waals surface area contributed by atoms with Crippen LogP contribution in [-0.2, 0) is 16.0 Å². The van der Waals surface area contributed by atoms with Crippen molar-refractivity contribution in [2.24, 2.45) is 4.99 Å². The minimum atomic E-state index is -1.19. The zero-order chi connectivity index (χ0) is 15.9. The topological polar surface area (TPSA) is 128 Å². The first-order valence-corrected chi connectivity index (χ1v) is 6.67. The van der Waals surface area contributed by atoms with Crippen LogP contribution in [0.1, 0.15) is 12.1 Å². The van der Waals surface area contributed by atoms with Crippen LogP contribution in [-0.4, -0.2) is 50.9 Å². The first-order chi connectivity index (χ1) is 10.6. The largest absolute Gasteiger partial charge is 0.480 e. The lowest BCUT2D eigenvalue weighted by Crippen LogP contribution is -2.41. The summed E-state index contributed by atoms with van der Waals surface area (Å²) in [4.78, 5) is 33.1. The van der Waals surface area contributed by atoms with Gasteiger partial charge in [-0.1, -0.05) is 0 Å². The van der Waals surface area contributed by atoms with Crippen LogP contribution in [0.25, 0.3) is 0 Å². The SMILES string of the molecule is O=C(O)C1=C/C(=C/C=NCCc2cnc[nH]2)C[C@@H](C(=O)O)N1. The number of imidazole rings is 1. The van der Waals surface area contributed by atoms with Crippen molar-refractivity contribution < 1.29 is 19.8 Å². The summed E-state index contributed by atoms with van der Waals surface area (Å²) in [6.45, 7) is 0.558. The predicted octanol–water partition coefficient (Wildman–Crippen LogP) is 0.364. The molecule has 0 radical (unpaired) electrons. The molecule has 116 valence electrons. The monoisotopic (exact) mass is 304 g/mol. The van der Waals surface area contributed by atoms with Gasteiger partial charge in [0, 0.05) is 37.5 Å². The number of aliphatic carboxylic acids is 2. The normalized spacial score (nSPS) is 19.9. The van der Waals surface area contributed by atoms with E-state index < -0.39 is 18.0 Å². The fourth-order valence-corrected chi connectivity index (χ4v) is 1.98. The molecule has 1 atom stereocenters. The molecule has 0 fully saturated rings.